The van der Waals surface area contributed by atoms with E-state index < -0.39 is 0 Å². The number of hydrogen-bond acceptors (Lipinski definition) is 4. The van der Waals surface area contributed by atoms with Gasteiger partial charge in [-0.15, -0.1) is 0 Å². The van der Waals surface area contributed by atoms with Crippen LogP contribution in [0.3, 0.4) is 0 Å². The minimum Gasteiger partial charge on any atom is -0.386 e. The molecule has 0 bridgehead atoms. The van der Waals surface area contributed by atoms with Crippen molar-refractivity contribution < 1.29 is 0 Å². The summed E-state index contributed by atoms with van der Waals surface area (Å²) in [5.74, 6) is 1.71. The first-order valence-electron chi connectivity index (χ1n) is 11.6. The first kappa shape index (κ1) is 23.0. The van der Waals surface area contributed by atoms with Gasteiger partial charge in [0.1, 0.15) is 5.82 Å². The molecule has 0 amide bonds. The molecule has 0 aliphatic carbocycles. The van der Waals surface area contributed by atoms with Crippen LogP contribution in [0.1, 0.15) is 0 Å². The molecule has 0 saturated carbocycles. The van der Waals surface area contributed by atoms with E-state index in [0.29, 0.717) is 11.8 Å². The van der Waals surface area contributed by atoms with Crippen molar-refractivity contribution in [2.45, 2.75) is 0 Å². The standard InChI is InChI=1S/C28H30N8/c1-17(29)35(4)21-11-13-25-26(15-21)33-27(32-25)23-16-31-24-12-8-19(14-22(23)24)18-6-9-20(10-7-18)36(5)28(30)34(2)3/h6-16,30-31H,1,29H2,2-5H3,(H,32,33). The smallest absolute Gasteiger partial charge is 0.197 e. The van der Waals surface area contributed by atoms with E-state index in [1.165, 1.54) is 0 Å². The third kappa shape index (κ3) is 4.02. The van der Waals surface area contributed by atoms with Crippen LogP contribution >= 0.6 is 0 Å². The molecular formula is C28H30N8. The van der Waals surface area contributed by atoms with Gasteiger partial charge in [0.25, 0.3) is 0 Å². The summed E-state index contributed by atoms with van der Waals surface area (Å²) in [6.07, 6.45) is 1.99. The number of H-pyrrole nitrogens is 2. The minimum absolute atomic E-state index is 0.429. The normalized spacial score (nSPS) is 11.1. The second-order valence-corrected chi connectivity index (χ2v) is 9.12. The monoisotopic (exact) mass is 478 g/mol. The van der Waals surface area contributed by atoms with E-state index in [1.54, 1.807) is 4.90 Å². The van der Waals surface area contributed by atoms with E-state index in [1.807, 2.05) is 74.5 Å². The Balaban J connectivity index is 1.49. The van der Waals surface area contributed by atoms with Crippen LogP contribution in [0.15, 0.2) is 79.3 Å². The fourth-order valence-corrected chi connectivity index (χ4v) is 4.30. The number of aromatic amines is 2. The molecule has 5 rings (SSSR count). The van der Waals surface area contributed by atoms with Crippen molar-refractivity contribution >= 4 is 39.3 Å². The maximum atomic E-state index is 8.20. The van der Waals surface area contributed by atoms with E-state index in [4.69, 9.17) is 16.1 Å². The molecule has 5 N–H and O–H groups in total. The third-order valence-electron chi connectivity index (χ3n) is 6.55. The molecule has 36 heavy (non-hydrogen) atoms. The number of hydrogen-bond donors (Lipinski definition) is 4. The molecule has 0 saturated heterocycles. The minimum atomic E-state index is 0.429. The fraction of sp³-hybridized carbons (Fsp3) is 0.143. The first-order chi connectivity index (χ1) is 17.2. The van der Waals surface area contributed by atoms with Crippen molar-refractivity contribution in [1.82, 2.24) is 19.9 Å². The highest BCUT2D eigenvalue weighted by atomic mass is 15.3. The van der Waals surface area contributed by atoms with Crippen LogP contribution in [0, 0.1) is 5.41 Å². The molecule has 0 atom stereocenters. The largest absolute Gasteiger partial charge is 0.386 e. The first-order valence-corrected chi connectivity index (χ1v) is 11.6. The predicted octanol–water partition coefficient (Wildman–Crippen LogP) is 5.18. The lowest BCUT2D eigenvalue weighted by molar-refractivity contribution is 0.603. The van der Waals surface area contributed by atoms with Crippen LogP contribution in [0.4, 0.5) is 11.4 Å². The van der Waals surface area contributed by atoms with E-state index in [0.717, 1.165) is 55.8 Å². The summed E-state index contributed by atoms with van der Waals surface area (Å²) in [5, 5.41) is 9.29. The summed E-state index contributed by atoms with van der Waals surface area (Å²) in [6.45, 7) is 3.81. The molecule has 3 aromatic carbocycles. The topological polar surface area (TPSA) is 104 Å². The lowest BCUT2D eigenvalue weighted by atomic mass is 10.0. The van der Waals surface area contributed by atoms with Crippen LogP contribution in [-0.4, -0.2) is 54.0 Å². The number of nitrogens with one attached hydrogen (secondary N) is 3. The van der Waals surface area contributed by atoms with Gasteiger partial charge < -0.3 is 30.4 Å². The molecule has 0 spiro atoms. The Morgan fingerprint density at radius 3 is 2.25 bits per heavy atom. The number of fused-ring (bicyclic) bond motifs is 2. The molecule has 0 radical (unpaired) electrons. The van der Waals surface area contributed by atoms with Gasteiger partial charge in [-0.05, 0) is 53.6 Å². The second-order valence-electron chi connectivity index (χ2n) is 9.12. The molecule has 0 fully saturated rings. The summed E-state index contributed by atoms with van der Waals surface area (Å²) in [7, 11) is 7.52. The van der Waals surface area contributed by atoms with Gasteiger partial charge in [-0.25, -0.2) is 4.98 Å². The molecule has 2 heterocycles. The van der Waals surface area contributed by atoms with Crippen LogP contribution < -0.4 is 15.5 Å². The van der Waals surface area contributed by atoms with Gasteiger partial charge in [0, 0.05) is 62.2 Å². The zero-order valence-electron chi connectivity index (χ0n) is 20.9. The van der Waals surface area contributed by atoms with Gasteiger partial charge in [0.2, 0.25) is 0 Å². The molecule has 0 aliphatic rings. The summed E-state index contributed by atoms with van der Waals surface area (Å²) in [4.78, 5) is 17.1. The number of rotatable bonds is 5. The van der Waals surface area contributed by atoms with Gasteiger partial charge in [0.15, 0.2) is 5.96 Å². The van der Waals surface area contributed by atoms with Crippen molar-refractivity contribution in [3.63, 3.8) is 0 Å². The number of aromatic nitrogens is 3. The van der Waals surface area contributed by atoms with Crippen LogP contribution in [0.5, 0.6) is 0 Å². The summed E-state index contributed by atoms with van der Waals surface area (Å²) in [6, 6.07) is 20.7. The number of guanidine groups is 1. The van der Waals surface area contributed by atoms with Gasteiger partial charge >= 0.3 is 0 Å². The van der Waals surface area contributed by atoms with E-state index >= 15 is 0 Å². The molecule has 0 aliphatic heterocycles. The number of benzene rings is 3. The number of nitrogens with two attached hydrogens (primary N) is 1. The fourth-order valence-electron chi connectivity index (χ4n) is 4.30. The maximum Gasteiger partial charge on any atom is 0.197 e. The SMILES string of the molecule is C=C(N)N(C)c1ccc2nc(-c3c[nH]c4ccc(-c5ccc(N(C)C(=N)N(C)C)cc5)cc34)[nH]c2c1. The molecule has 182 valence electrons. The van der Waals surface area contributed by atoms with Crippen molar-refractivity contribution in [2.75, 3.05) is 38.0 Å². The Hall–Kier alpha value is -4.72. The summed E-state index contributed by atoms with van der Waals surface area (Å²) < 4.78 is 0. The number of nitrogens with zero attached hydrogens (tertiary/aromatic N) is 4. The van der Waals surface area contributed by atoms with Crippen molar-refractivity contribution in [1.29, 1.82) is 5.41 Å². The van der Waals surface area contributed by atoms with Gasteiger partial charge in [-0.3, -0.25) is 5.41 Å². The Kier molecular flexibility index (Phi) is 5.64. The Morgan fingerprint density at radius 2 is 1.56 bits per heavy atom. The second kappa shape index (κ2) is 8.81. The van der Waals surface area contributed by atoms with Crippen molar-refractivity contribution in [3.05, 3.63) is 79.3 Å². The van der Waals surface area contributed by atoms with E-state index in [9.17, 15) is 0 Å². The van der Waals surface area contributed by atoms with Crippen LogP contribution in [0.2, 0.25) is 0 Å². The van der Waals surface area contributed by atoms with E-state index in [2.05, 4.69) is 46.9 Å². The van der Waals surface area contributed by atoms with E-state index in [-0.39, 0.29) is 0 Å². The van der Waals surface area contributed by atoms with Crippen molar-refractivity contribution in [3.8, 4) is 22.5 Å². The lowest BCUT2D eigenvalue weighted by Crippen LogP contribution is -2.37. The predicted molar refractivity (Wildman–Crippen MR) is 150 cm³/mol. The number of anilines is 2. The molecule has 2 aromatic heterocycles. The quantitative estimate of drug-likeness (QED) is 0.206. The Labute approximate surface area is 210 Å². The number of imidazole rings is 1. The highest BCUT2D eigenvalue weighted by molar-refractivity contribution is 5.98. The summed E-state index contributed by atoms with van der Waals surface area (Å²) in [5.41, 5.74) is 13.9. The Bertz CT molecular complexity index is 1590. The summed E-state index contributed by atoms with van der Waals surface area (Å²) >= 11 is 0. The van der Waals surface area contributed by atoms with Crippen LogP contribution in [0.25, 0.3) is 44.5 Å². The molecule has 5 aromatic rings. The molecule has 0 unspecified atom stereocenters. The third-order valence-corrected chi connectivity index (χ3v) is 6.55. The Morgan fingerprint density at radius 1 is 0.861 bits per heavy atom. The lowest BCUT2D eigenvalue weighted by Gasteiger charge is -2.25. The van der Waals surface area contributed by atoms with Crippen molar-refractivity contribution in [2.24, 2.45) is 5.73 Å². The average Bonchev–Trinajstić information content (AvgIpc) is 3.50. The van der Waals surface area contributed by atoms with Crippen LogP contribution in [-0.2, 0) is 0 Å². The zero-order chi connectivity index (χ0) is 25.6. The molecule has 8 heteroatoms. The molecule has 8 nitrogen and oxygen atoms in total. The van der Waals surface area contributed by atoms with Gasteiger partial charge in [-0.2, -0.15) is 0 Å². The highest BCUT2D eigenvalue weighted by Crippen LogP contribution is 2.33. The highest BCUT2D eigenvalue weighted by Gasteiger charge is 2.14. The zero-order valence-corrected chi connectivity index (χ0v) is 20.9. The maximum absolute atomic E-state index is 8.20. The van der Waals surface area contributed by atoms with Gasteiger partial charge in [-0.1, -0.05) is 24.8 Å². The van der Waals surface area contributed by atoms with Gasteiger partial charge in [0.05, 0.1) is 16.9 Å². The average molecular weight is 479 g/mol. The molecular weight excluding hydrogens is 448 g/mol.